The van der Waals surface area contributed by atoms with Crippen LogP contribution in [0.5, 0.6) is 0 Å². The molecule has 0 saturated carbocycles. The molecule has 1 aromatic heterocycles. The van der Waals surface area contributed by atoms with Gasteiger partial charge in [0.15, 0.2) is 6.29 Å². The third kappa shape index (κ3) is 11.0. The molecule has 2 heterocycles. The van der Waals surface area contributed by atoms with Crippen molar-refractivity contribution in [1.82, 2.24) is 14.6 Å². The molecular weight excluding hydrogens is 761 g/mol. The average Bonchev–Trinajstić information content (AvgIpc) is 3.26. The van der Waals surface area contributed by atoms with E-state index in [0.717, 1.165) is 46.5 Å². The van der Waals surface area contributed by atoms with E-state index in [-0.39, 0.29) is 29.9 Å². The number of carbonyl (C=O) groups is 1. The largest absolute Gasteiger partial charge is 0.392 e. The van der Waals surface area contributed by atoms with Crippen molar-refractivity contribution < 1.29 is 27.8 Å². The van der Waals surface area contributed by atoms with Crippen molar-refractivity contribution in [1.29, 1.82) is 0 Å². The van der Waals surface area contributed by atoms with Crippen molar-refractivity contribution in [2.24, 2.45) is 0 Å². The number of sulfonamides is 1. The van der Waals surface area contributed by atoms with Gasteiger partial charge >= 0.3 is 0 Å². The standard InChI is InChI=1S/C48H50N4O6S/c1-34-19-25-42(26-20-34)59(55,56)51-43(30-35-12-5-3-6-13-35)47(54)50-41-18-11-16-39(31-41)48-57-44(32-52(2)29-27-40-17-9-10-28-49-40)45(37-14-7-4-8-15-37)46(58-48)38-23-21-36(33-53)22-24-38/h3-26,28,31,43-46,48,51,53H,27,29-30,32-33H2,1-2H3,(H,50,54). The van der Waals surface area contributed by atoms with Gasteiger partial charge in [0.25, 0.3) is 0 Å². The van der Waals surface area contributed by atoms with Gasteiger partial charge in [-0.05, 0) is 79.0 Å². The SMILES string of the molecule is Cc1ccc(S(=O)(=O)NC(Cc2ccccc2)C(=O)Nc2cccc(C3OC(CN(C)CCc4ccccn4)C(c4ccccc4)C(c4ccc(CO)cc4)O3)c2)cc1. The molecule has 5 aromatic carbocycles. The third-order valence-corrected chi connectivity index (χ3v) is 12.1. The van der Waals surface area contributed by atoms with Crippen LogP contribution in [0.3, 0.4) is 0 Å². The second-order valence-electron chi connectivity index (χ2n) is 15.0. The fourth-order valence-electron chi connectivity index (χ4n) is 7.42. The van der Waals surface area contributed by atoms with Crippen molar-refractivity contribution in [3.63, 3.8) is 0 Å². The minimum absolute atomic E-state index is 0.0680. The molecule has 0 radical (unpaired) electrons. The van der Waals surface area contributed by atoms with Crippen LogP contribution in [-0.4, -0.2) is 61.6 Å². The van der Waals surface area contributed by atoms with Gasteiger partial charge in [-0.15, -0.1) is 0 Å². The number of hydrogen-bond donors (Lipinski definition) is 3. The van der Waals surface area contributed by atoms with Crippen LogP contribution in [0.15, 0.2) is 163 Å². The molecule has 3 N–H and O–H groups in total. The van der Waals surface area contributed by atoms with Gasteiger partial charge in [-0.3, -0.25) is 9.78 Å². The molecule has 5 atom stereocenters. The van der Waals surface area contributed by atoms with E-state index in [1.807, 2.05) is 122 Å². The number of anilines is 1. The highest BCUT2D eigenvalue weighted by atomic mass is 32.2. The molecule has 0 bridgehead atoms. The number of pyridine rings is 1. The lowest BCUT2D eigenvalue weighted by Gasteiger charge is -2.44. The van der Waals surface area contributed by atoms with E-state index in [9.17, 15) is 18.3 Å². The molecular formula is C48H50N4O6S. The lowest BCUT2D eigenvalue weighted by molar-refractivity contribution is -0.263. The first-order valence-electron chi connectivity index (χ1n) is 19.8. The fourth-order valence-corrected chi connectivity index (χ4v) is 8.61. The Balaban J connectivity index is 1.17. The molecule has 0 spiro atoms. The highest BCUT2D eigenvalue weighted by Gasteiger charge is 2.42. The first kappa shape index (κ1) is 41.6. The molecule has 1 aliphatic heterocycles. The van der Waals surface area contributed by atoms with Crippen LogP contribution in [0, 0.1) is 6.92 Å². The quantitative estimate of drug-likeness (QED) is 0.0916. The smallest absolute Gasteiger partial charge is 0.242 e. The van der Waals surface area contributed by atoms with Crippen molar-refractivity contribution >= 4 is 21.6 Å². The van der Waals surface area contributed by atoms with Gasteiger partial charge in [0.2, 0.25) is 15.9 Å². The predicted octanol–water partition coefficient (Wildman–Crippen LogP) is 7.52. The maximum atomic E-state index is 14.1. The van der Waals surface area contributed by atoms with Gasteiger partial charge in [-0.2, -0.15) is 4.72 Å². The molecule has 304 valence electrons. The van der Waals surface area contributed by atoms with Gasteiger partial charge < -0.3 is 24.8 Å². The maximum absolute atomic E-state index is 14.1. The lowest BCUT2D eigenvalue weighted by atomic mass is 9.83. The first-order valence-corrected chi connectivity index (χ1v) is 21.3. The highest BCUT2D eigenvalue weighted by molar-refractivity contribution is 7.89. The number of rotatable bonds is 16. The second-order valence-corrected chi connectivity index (χ2v) is 16.7. The van der Waals surface area contributed by atoms with Crippen molar-refractivity contribution in [3.8, 4) is 0 Å². The Morgan fingerprint density at radius 2 is 1.47 bits per heavy atom. The van der Waals surface area contributed by atoms with E-state index in [4.69, 9.17) is 9.47 Å². The summed E-state index contributed by atoms with van der Waals surface area (Å²) in [5.74, 6) is -0.696. The number of hydrogen-bond acceptors (Lipinski definition) is 8. The Kier molecular flexibility index (Phi) is 13.7. The van der Waals surface area contributed by atoms with Crippen molar-refractivity contribution in [2.75, 3.05) is 25.5 Å². The van der Waals surface area contributed by atoms with Crippen LogP contribution in [0.2, 0.25) is 0 Å². The van der Waals surface area contributed by atoms with Crippen LogP contribution in [-0.2, 0) is 43.7 Å². The molecule has 1 aliphatic rings. The van der Waals surface area contributed by atoms with Crippen molar-refractivity contribution in [2.45, 2.75) is 61.7 Å². The van der Waals surface area contributed by atoms with Crippen LogP contribution in [0.4, 0.5) is 5.69 Å². The number of nitrogens with zero attached hydrogens (tertiary/aromatic N) is 2. The number of amides is 1. The number of aromatic nitrogens is 1. The van der Waals surface area contributed by atoms with E-state index in [0.29, 0.717) is 17.8 Å². The zero-order valence-electron chi connectivity index (χ0n) is 33.2. The van der Waals surface area contributed by atoms with Crippen LogP contribution in [0.1, 0.15) is 57.4 Å². The van der Waals surface area contributed by atoms with Crippen molar-refractivity contribution in [3.05, 3.63) is 197 Å². The molecule has 6 aromatic rings. The normalized spacial score (nSPS) is 18.6. The fraction of sp³-hybridized carbons (Fsp3) is 0.250. The number of ether oxygens (including phenoxy) is 2. The molecule has 5 unspecified atom stereocenters. The number of aryl methyl sites for hydroxylation is 1. The molecule has 1 saturated heterocycles. The average molecular weight is 811 g/mol. The third-order valence-electron chi connectivity index (χ3n) is 10.6. The summed E-state index contributed by atoms with van der Waals surface area (Å²) in [7, 11) is -1.95. The Hall–Kier alpha value is -5.53. The summed E-state index contributed by atoms with van der Waals surface area (Å²) in [5, 5.41) is 12.8. The Labute approximate surface area is 346 Å². The number of aliphatic hydroxyl groups is 1. The highest BCUT2D eigenvalue weighted by Crippen LogP contribution is 2.47. The Morgan fingerprint density at radius 3 is 2.17 bits per heavy atom. The number of likely N-dealkylation sites (N-methyl/N-ethyl adjacent to an activating group) is 1. The molecule has 1 amide bonds. The van der Waals surface area contributed by atoms with Crippen LogP contribution in [0.25, 0.3) is 0 Å². The van der Waals surface area contributed by atoms with E-state index in [1.165, 1.54) is 12.1 Å². The van der Waals surface area contributed by atoms with Gasteiger partial charge in [0.1, 0.15) is 6.04 Å². The summed E-state index contributed by atoms with van der Waals surface area (Å²) in [6.45, 7) is 3.17. The van der Waals surface area contributed by atoms with E-state index >= 15 is 0 Å². The molecule has 0 aliphatic carbocycles. The van der Waals surface area contributed by atoms with E-state index in [1.54, 1.807) is 18.2 Å². The number of carbonyl (C=O) groups excluding carboxylic acids is 1. The van der Waals surface area contributed by atoms with E-state index in [2.05, 4.69) is 39.1 Å². The predicted molar refractivity (Wildman–Crippen MR) is 229 cm³/mol. The van der Waals surface area contributed by atoms with Gasteiger partial charge in [-0.1, -0.05) is 121 Å². The zero-order chi connectivity index (χ0) is 41.2. The lowest BCUT2D eigenvalue weighted by Crippen LogP contribution is -2.45. The topological polar surface area (TPSA) is 130 Å². The molecule has 11 heteroatoms. The summed E-state index contributed by atoms with van der Waals surface area (Å²) in [6, 6.07) is 46.0. The molecule has 59 heavy (non-hydrogen) atoms. The van der Waals surface area contributed by atoms with Crippen LogP contribution < -0.4 is 10.0 Å². The molecule has 7 rings (SSSR count). The Bertz CT molecular complexity index is 2370. The minimum Gasteiger partial charge on any atom is -0.392 e. The number of aliphatic hydroxyl groups excluding tert-OH is 1. The first-order chi connectivity index (χ1) is 28.6. The molecule has 10 nitrogen and oxygen atoms in total. The summed E-state index contributed by atoms with van der Waals surface area (Å²) >= 11 is 0. The number of nitrogens with one attached hydrogen (secondary N) is 2. The monoisotopic (exact) mass is 810 g/mol. The summed E-state index contributed by atoms with van der Waals surface area (Å²) in [5.41, 5.74) is 6.71. The van der Waals surface area contributed by atoms with Gasteiger partial charge in [-0.25, -0.2) is 8.42 Å². The molecule has 1 fully saturated rings. The summed E-state index contributed by atoms with van der Waals surface area (Å²) < 4.78 is 43.6. The van der Waals surface area contributed by atoms with Crippen LogP contribution >= 0.6 is 0 Å². The second kappa shape index (κ2) is 19.5. The zero-order valence-corrected chi connectivity index (χ0v) is 34.0. The Morgan fingerprint density at radius 1 is 0.780 bits per heavy atom. The van der Waals surface area contributed by atoms with E-state index < -0.39 is 34.4 Å². The van der Waals surface area contributed by atoms with Gasteiger partial charge in [0, 0.05) is 48.6 Å². The maximum Gasteiger partial charge on any atom is 0.242 e. The summed E-state index contributed by atoms with van der Waals surface area (Å²) in [6.07, 6.45) is 1.16. The number of benzene rings is 5. The minimum atomic E-state index is -4.03. The summed E-state index contributed by atoms with van der Waals surface area (Å²) in [4.78, 5) is 20.9. The van der Waals surface area contributed by atoms with Gasteiger partial charge in [0.05, 0.1) is 23.7 Å².